The molecule has 1 aliphatic carbocycles. The lowest BCUT2D eigenvalue weighted by atomic mass is 9.70. The summed E-state index contributed by atoms with van der Waals surface area (Å²) in [5, 5.41) is 5.98. The van der Waals surface area contributed by atoms with Crippen LogP contribution in [-0.2, 0) is 13.6 Å². The van der Waals surface area contributed by atoms with Crippen molar-refractivity contribution in [1.29, 1.82) is 0 Å². The molecule has 5 nitrogen and oxygen atoms in total. The molecule has 2 amide bonds. The number of carbonyl (C=O) groups excluding carboxylic acids is 1. The summed E-state index contributed by atoms with van der Waals surface area (Å²) in [4.78, 5) is 16.2. The molecule has 0 bridgehead atoms. The minimum atomic E-state index is -0.0930. The zero-order valence-electron chi connectivity index (χ0n) is 12.9. The Morgan fingerprint density at radius 1 is 1.55 bits per heavy atom. The van der Waals surface area contributed by atoms with Crippen molar-refractivity contribution in [2.45, 2.75) is 52.6 Å². The Hall–Kier alpha value is -1.52. The maximum Gasteiger partial charge on any atom is 0.315 e. The van der Waals surface area contributed by atoms with Gasteiger partial charge in [0.1, 0.15) is 5.82 Å². The molecule has 0 saturated heterocycles. The first-order valence-electron chi connectivity index (χ1n) is 7.38. The van der Waals surface area contributed by atoms with Gasteiger partial charge in [0, 0.05) is 25.5 Å². The first-order valence-corrected chi connectivity index (χ1v) is 7.38. The van der Waals surface area contributed by atoms with Crippen molar-refractivity contribution in [2.75, 3.05) is 0 Å². The number of aromatic nitrogens is 2. The number of nitrogens with one attached hydrogen (secondary N) is 2. The molecule has 2 rings (SSSR count). The van der Waals surface area contributed by atoms with E-state index in [4.69, 9.17) is 0 Å². The number of aryl methyl sites for hydroxylation is 1. The molecule has 5 heteroatoms. The van der Waals surface area contributed by atoms with Crippen molar-refractivity contribution >= 4 is 6.03 Å². The lowest BCUT2D eigenvalue weighted by molar-refractivity contribution is 0.149. The fourth-order valence-electron chi connectivity index (χ4n) is 3.11. The maximum absolute atomic E-state index is 12.0. The Labute approximate surface area is 121 Å². The van der Waals surface area contributed by atoms with Crippen LogP contribution in [0.15, 0.2) is 12.4 Å². The van der Waals surface area contributed by atoms with E-state index in [-0.39, 0.29) is 12.1 Å². The van der Waals surface area contributed by atoms with Crippen molar-refractivity contribution in [1.82, 2.24) is 20.2 Å². The van der Waals surface area contributed by atoms with Gasteiger partial charge in [-0.15, -0.1) is 0 Å². The van der Waals surface area contributed by atoms with E-state index in [1.54, 1.807) is 6.20 Å². The summed E-state index contributed by atoms with van der Waals surface area (Å²) >= 11 is 0. The summed E-state index contributed by atoms with van der Waals surface area (Å²) in [5.74, 6) is 1.38. The molecular weight excluding hydrogens is 252 g/mol. The van der Waals surface area contributed by atoms with Crippen LogP contribution in [0.5, 0.6) is 0 Å². The van der Waals surface area contributed by atoms with Crippen molar-refractivity contribution in [2.24, 2.45) is 18.4 Å². The molecule has 1 heterocycles. The molecule has 1 aromatic rings. The highest BCUT2D eigenvalue weighted by Crippen LogP contribution is 2.38. The van der Waals surface area contributed by atoms with E-state index in [9.17, 15) is 4.79 Å². The van der Waals surface area contributed by atoms with Crippen molar-refractivity contribution in [3.05, 3.63) is 18.2 Å². The van der Waals surface area contributed by atoms with E-state index in [2.05, 4.69) is 36.4 Å². The quantitative estimate of drug-likeness (QED) is 0.892. The highest BCUT2D eigenvalue weighted by molar-refractivity contribution is 5.74. The maximum atomic E-state index is 12.0. The number of hydrogen-bond acceptors (Lipinski definition) is 2. The lowest BCUT2D eigenvalue weighted by Crippen LogP contribution is -2.48. The Morgan fingerprint density at radius 2 is 2.30 bits per heavy atom. The van der Waals surface area contributed by atoms with Gasteiger partial charge in [0.2, 0.25) is 0 Å². The molecule has 0 spiro atoms. The summed E-state index contributed by atoms with van der Waals surface area (Å²) in [6.45, 7) is 7.30. The van der Waals surface area contributed by atoms with Crippen LogP contribution in [0.1, 0.15) is 45.9 Å². The molecule has 1 saturated carbocycles. The topological polar surface area (TPSA) is 59.0 Å². The highest BCUT2D eigenvalue weighted by Gasteiger charge is 2.32. The molecule has 1 aromatic heterocycles. The molecular formula is C15H26N4O. The number of rotatable bonds is 3. The Balaban J connectivity index is 1.79. The number of carbonyl (C=O) groups is 1. The van der Waals surface area contributed by atoms with Gasteiger partial charge in [-0.1, -0.05) is 20.8 Å². The third-order valence-electron chi connectivity index (χ3n) is 4.34. The number of nitrogens with zero attached hydrogens (tertiary/aromatic N) is 2. The third-order valence-corrected chi connectivity index (χ3v) is 4.34. The molecule has 112 valence electrons. The molecule has 2 unspecified atom stereocenters. The van der Waals surface area contributed by atoms with Crippen LogP contribution >= 0.6 is 0 Å². The summed E-state index contributed by atoms with van der Waals surface area (Å²) in [6, 6.07) is 0.189. The molecule has 2 atom stereocenters. The summed E-state index contributed by atoms with van der Waals surface area (Å²) < 4.78 is 1.91. The second kappa shape index (κ2) is 5.85. The van der Waals surface area contributed by atoms with Crippen LogP contribution in [0, 0.1) is 11.3 Å². The van der Waals surface area contributed by atoms with Crippen LogP contribution in [0.2, 0.25) is 0 Å². The largest absolute Gasteiger partial charge is 0.337 e. The first kappa shape index (κ1) is 14.9. The van der Waals surface area contributed by atoms with E-state index in [0.29, 0.717) is 17.9 Å². The Bertz CT molecular complexity index is 466. The van der Waals surface area contributed by atoms with Crippen LogP contribution in [0.3, 0.4) is 0 Å². The lowest BCUT2D eigenvalue weighted by Gasteiger charge is -2.39. The van der Waals surface area contributed by atoms with Gasteiger partial charge in [-0.2, -0.15) is 0 Å². The van der Waals surface area contributed by atoms with Gasteiger partial charge in [0.15, 0.2) is 0 Å². The van der Waals surface area contributed by atoms with Gasteiger partial charge in [-0.3, -0.25) is 0 Å². The number of amides is 2. The molecule has 20 heavy (non-hydrogen) atoms. The van der Waals surface area contributed by atoms with E-state index in [0.717, 1.165) is 18.7 Å². The predicted molar refractivity (Wildman–Crippen MR) is 79.2 cm³/mol. The van der Waals surface area contributed by atoms with Crippen molar-refractivity contribution in [3.63, 3.8) is 0 Å². The van der Waals surface area contributed by atoms with E-state index >= 15 is 0 Å². The summed E-state index contributed by atoms with van der Waals surface area (Å²) in [5.41, 5.74) is 0.404. The number of hydrogen-bond donors (Lipinski definition) is 2. The van der Waals surface area contributed by atoms with Crippen LogP contribution < -0.4 is 10.6 Å². The number of imidazole rings is 1. The third kappa shape index (κ3) is 3.74. The SMILES string of the molecule is CC1CC(C)(C)CCC1NC(=O)NCc1nccn1C. The average Bonchev–Trinajstić information content (AvgIpc) is 2.75. The van der Waals surface area contributed by atoms with Crippen LogP contribution in [0.25, 0.3) is 0 Å². The van der Waals surface area contributed by atoms with E-state index in [1.165, 1.54) is 6.42 Å². The first-order chi connectivity index (χ1) is 9.37. The van der Waals surface area contributed by atoms with Gasteiger partial charge in [0.25, 0.3) is 0 Å². The summed E-state index contributed by atoms with van der Waals surface area (Å²) in [7, 11) is 1.92. The van der Waals surface area contributed by atoms with Gasteiger partial charge in [-0.25, -0.2) is 9.78 Å². The summed E-state index contributed by atoms with van der Waals surface area (Å²) in [6.07, 6.45) is 7.00. The van der Waals surface area contributed by atoms with Gasteiger partial charge in [-0.05, 0) is 30.6 Å². The minimum Gasteiger partial charge on any atom is -0.337 e. The van der Waals surface area contributed by atoms with E-state index < -0.39 is 0 Å². The molecule has 1 fully saturated rings. The second-order valence-electron chi connectivity index (χ2n) is 6.77. The van der Waals surface area contributed by atoms with Crippen LogP contribution in [0.4, 0.5) is 4.79 Å². The number of urea groups is 1. The van der Waals surface area contributed by atoms with Crippen molar-refractivity contribution < 1.29 is 4.79 Å². The fraction of sp³-hybridized carbons (Fsp3) is 0.733. The normalized spacial score (nSPS) is 25.2. The predicted octanol–water partition coefficient (Wildman–Crippen LogP) is 2.43. The van der Waals surface area contributed by atoms with E-state index in [1.807, 2.05) is 17.8 Å². The van der Waals surface area contributed by atoms with Gasteiger partial charge >= 0.3 is 6.03 Å². The minimum absolute atomic E-state index is 0.0930. The molecule has 0 aliphatic heterocycles. The zero-order chi connectivity index (χ0) is 14.8. The molecule has 0 aromatic carbocycles. The molecule has 0 radical (unpaired) electrons. The van der Waals surface area contributed by atoms with Gasteiger partial charge in [0.05, 0.1) is 6.54 Å². The average molecular weight is 278 g/mol. The Morgan fingerprint density at radius 3 is 2.90 bits per heavy atom. The van der Waals surface area contributed by atoms with Crippen LogP contribution in [-0.4, -0.2) is 21.6 Å². The van der Waals surface area contributed by atoms with Crippen molar-refractivity contribution in [3.8, 4) is 0 Å². The smallest absolute Gasteiger partial charge is 0.315 e. The standard InChI is InChI=1S/C15H26N4O/c1-11-9-15(2,3)6-5-12(11)18-14(20)17-10-13-16-7-8-19(13)4/h7-8,11-12H,5-6,9-10H2,1-4H3,(H2,17,18,20). The molecule has 1 aliphatic rings. The fourth-order valence-corrected chi connectivity index (χ4v) is 3.11. The Kier molecular flexibility index (Phi) is 4.35. The molecule has 2 N–H and O–H groups in total. The highest BCUT2D eigenvalue weighted by atomic mass is 16.2. The second-order valence-corrected chi connectivity index (χ2v) is 6.77. The van der Waals surface area contributed by atoms with Gasteiger partial charge < -0.3 is 15.2 Å². The zero-order valence-corrected chi connectivity index (χ0v) is 12.9. The monoisotopic (exact) mass is 278 g/mol.